The first-order valence-corrected chi connectivity index (χ1v) is 12.0. The lowest BCUT2D eigenvalue weighted by molar-refractivity contribution is 0.153. The van der Waals surface area contributed by atoms with Crippen LogP contribution < -0.4 is 27.9 Å². The Hall–Kier alpha value is -3.23. The molecule has 1 aromatic heterocycles. The fourth-order valence-electron chi connectivity index (χ4n) is 4.21. The zero-order chi connectivity index (χ0) is 24.5. The van der Waals surface area contributed by atoms with Crippen LogP contribution >= 0.6 is 0 Å². The molecule has 8 N–H and O–H groups in total. The zero-order valence-corrected chi connectivity index (χ0v) is 20.4. The maximum Gasteiger partial charge on any atom is 0.141 e. The molecule has 1 fully saturated rings. The molecule has 8 nitrogen and oxygen atoms in total. The van der Waals surface area contributed by atoms with Crippen LogP contribution in [-0.4, -0.2) is 34.7 Å². The van der Waals surface area contributed by atoms with Crippen molar-refractivity contribution in [1.29, 1.82) is 0 Å². The van der Waals surface area contributed by atoms with Crippen molar-refractivity contribution in [3.8, 4) is 5.75 Å². The largest absolute Gasteiger partial charge is 0.489 e. The molecule has 1 aromatic carbocycles. The third-order valence-electron chi connectivity index (χ3n) is 6.04. The number of nitrogens with two attached hydrogens (primary N) is 4. The normalized spacial score (nSPS) is 15.6. The van der Waals surface area contributed by atoms with Crippen LogP contribution in [0.25, 0.3) is 5.70 Å². The van der Waals surface area contributed by atoms with E-state index in [9.17, 15) is 0 Å². The molecule has 2 aromatic rings. The van der Waals surface area contributed by atoms with Gasteiger partial charge in [-0.1, -0.05) is 43.7 Å². The highest BCUT2D eigenvalue weighted by Gasteiger charge is 2.18. The third kappa shape index (κ3) is 7.13. The highest BCUT2D eigenvalue weighted by molar-refractivity contribution is 5.63. The molecule has 0 aliphatic heterocycles. The number of aryl methyl sites for hydroxylation is 1. The van der Waals surface area contributed by atoms with Gasteiger partial charge in [0.25, 0.3) is 0 Å². The SMILES string of the molecule is CCc1nc(/C(N)=C(\CN(N)/C=C(\N)Cc2ccccc2)N(C)N)ccc1OC1CCCCC1. The molecule has 1 aliphatic rings. The number of hydrogen-bond donors (Lipinski definition) is 4. The van der Waals surface area contributed by atoms with Crippen LogP contribution in [0.1, 0.15) is 56.0 Å². The number of hydrazine groups is 2. The molecule has 0 unspecified atom stereocenters. The number of allylic oxidation sites excluding steroid dienone is 1. The van der Waals surface area contributed by atoms with Gasteiger partial charge >= 0.3 is 0 Å². The summed E-state index contributed by atoms with van der Waals surface area (Å²) in [6, 6.07) is 13.8. The number of benzene rings is 1. The van der Waals surface area contributed by atoms with Gasteiger partial charge in [-0.2, -0.15) is 0 Å². The molecule has 1 saturated carbocycles. The summed E-state index contributed by atoms with van der Waals surface area (Å²) in [5, 5.41) is 2.96. The summed E-state index contributed by atoms with van der Waals surface area (Å²) >= 11 is 0. The maximum absolute atomic E-state index is 6.52. The van der Waals surface area contributed by atoms with Gasteiger partial charge in [-0.25, -0.2) is 16.7 Å². The molecule has 8 heteroatoms. The molecular weight excluding hydrogens is 426 g/mol. The van der Waals surface area contributed by atoms with Crippen molar-refractivity contribution in [3.05, 3.63) is 77.0 Å². The number of pyridine rings is 1. The Kier molecular flexibility index (Phi) is 9.18. The van der Waals surface area contributed by atoms with Crippen molar-refractivity contribution >= 4 is 5.70 Å². The van der Waals surface area contributed by atoms with Crippen molar-refractivity contribution < 1.29 is 4.74 Å². The number of hydrogen-bond acceptors (Lipinski definition) is 8. The molecule has 0 radical (unpaired) electrons. The average molecular weight is 466 g/mol. The number of likely N-dealkylation sites (N-methyl/N-ethyl adjacent to an activating group) is 1. The van der Waals surface area contributed by atoms with Gasteiger partial charge in [-0.15, -0.1) is 0 Å². The Labute approximate surface area is 203 Å². The van der Waals surface area contributed by atoms with Gasteiger partial charge in [0.15, 0.2) is 0 Å². The fourth-order valence-corrected chi connectivity index (χ4v) is 4.21. The summed E-state index contributed by atoms with van der Waals surface area (Å²) in [5.41, 5.74) is 17.1. The first kappa shape index (κ1) is 25.4. The van der Waals surface area contributed by atoms with E-state index in [1.165, 1.54) is 29.3 Å². The van der Waals surface area contributed by atoms with E-state index in [0.717, 1.165) is 36.3 Å². The molecule has 0 saturated heterocycles. The van der Waals surface area contributed by atoms with Crippen LogP contribution in [-0.2, 0) is 12.8 Å². The number of aromatic nitrogens is 1. The monoisotopic (exact) mass is 465 g/mol. The Balaban J connectivity index is 1.76. The second-order valence-electron chi connectivity index (χ2n) is 8.88. The molecule has 0 spiro atoms. The summed E-state index contributed by atoms with van der Waals surface area (Å²) < 4.78 is 6.27. The Morgan fingerprint density at radius 3 is 2.41 bits per heavy atom. The Bertz CT molecular complexity index is 982. The van der Waals surface area contributed by atoms with Crippen LogP contribution in [0.15, 0.2) is 60.1 Å². The lowest BCUT2D eigenvalue weighted by atomic mass is 9.98. The van der Waals surface area contributed by atoms with Gasteiger partial charge in [-0.3, -0.25) is 0 Å². The van der Waals surface area contributed by atoms with E-state index >= 15 is 0 Å². The standard InChI is InChI=1S/C26H39N7O/c1-3-22-25(34-21-12-8-5-9-13-21)15-14-23(31-22)26(28)24(32(2)29)18-33(30)17-20(27)16-19-10-6-4-7-11-19/h4,6-7,10-11,14-15,17,21H,3,5,8-9,12-13,16,18,27-30H2,1-2H3/b20-17-,26-24-. The minimum Gasteiger partial charge on any atom is -0.489 e. The van der Waals surface area contributed by atoms with Gasteiger partial charge in [-0.05, 0) is 49.8 Å². The minimum absolute atomic E-state index is 0.268. The van der Waals surface area contributed by atoms with Crippen LogP contribution in [0.2, 0.25) is 0 Å². The second-order valence-corrected chi connectivity index (χ2v) is 8.88. The predicted molar refractivity (Wildman–Crippen MR) is 137 cm³/mol. The highest BCUT2D eigenvalue weighted by Crippen LogP contribution is 2.27. The third-order valence-corrected chi connectivity index (χ3v) is 6.04. The summed E-state index contributed by atoms with van der Waals surface area (Å²) in [5.74, 6) is 13.2. The van der Waals surface area contributed by atoms with Gasteiger partial charge in [0.1, 0.15) is 5.75 Å². The molecule has 34 heavy (non-hydrogen) atoms. The van der Waals surface area contributed by atoms with Gasteiger partial charge in [0.05, 0.1) is 35.4 Å². The van der Waals surface area contributed by atoms with Crippen molar-refractivity contribution in [2.24, 2.45) is 23.2 Å². The summed E-state index contributed by atoms with van der Waals surface area (Å²) in [6.07, 6.45) is 9.26. The lowest BCUT2D eigenvalue weighted by Gasteiger charge is -2.25. The fraction of sp³-hybridized carbons (Fsp3) is 0.423. The summed E-state index contributed by atoms with van der Waals surface area (Å²) in [4.78, 5) is 4.79. The van der Waals surface area contributed by atoms with E-state index in [4.69, 9.17) is 32.9 Å². The van der Waals surface area contributed by atoms with Crippen molar-refractivity contribution in [3.63, 3.8) is 0 Å². The van der Waals surface area contributed by atoms with Crippen LogP contribution in [0, 0.1) is 0 Å². The smallest absolute Gasteiger partial charge is 0.141 e. The molecule has 0 bridgehead atoms. The highest BCUT2D eigenvalue weighted by atomic mass is 16.5. The van der Waals surface area contributed by atoms with Gasteiger partial charge < -0.3 is 26.2 Å². The minimum atomic E-state index is 0.268. The van der Waals surface area contributed by atoms with Crippen LogP contribution in [0.4, 0.5) is 0 Å². The summed E-state index contributed by atoms with van der Waals surface area (Å²) in [7, 11) is 1.73. The maximum atomic E-state index is 6.52. The average Bonchev–Trinajstić information content (AvgIpc) is 2.83. The van der Waals surface area contributed by atoms with Gasteiger partial charge in [0.2, 0.25) is 0 Å². The topological polar surface area (TPSA) is 133 Å². The van der Waals surface area contributed by atoms with Crippen molar-refractivity contribution in [2.45, 2.75) is 58.0 Å². The van der Waals surface area contributed by atoms with E-state index in [1.807, 2.05) is 42.5 Å². The Morgan fingerprint density at radius 2 is 1.76 bits per heavy atom. The van der Waals surface area contributed by atoms with Crippen LogP contribution in [0.5, 0.6) is 5.75 Å². The van der Waals surface area contributed by atoms with Crippen LogP contribution in [0.3, 0.4) is 0 Å². The molecule has 1 aliphatic carbocycles. The number of ether oxygens (including phenoxy) is 1. The van der Waals surface area contributed by atoms with E-state index in [-0.39, 0.29) is 12.6 Å². The van der Waals surface area contributed by atoms with Gasteiger partial charge in [0, 0.05) is 25.4 Å². The molecule has 3 rings (SSSR count). The molecule has 0 atom stereocenters. The van der Waals surface area contributed by atoms with E-state index in [2.05, 4.69) is 6.92 Å². The van der Waals surface area contributed by atoms with E-state index in [1.54, 1.807) is 13.2 Å². The predicted octanol–water partition coefficient (Wildman–Crippen LogP) is 3.01. The molecule has 184 valence electrons. The molecule has 1 heterocycles. The molecule has 0 amide bonds. The second kappa shape index (κ2) is 12.3. The summed E-state index contributed by atoms with van der Waals surface area (Å²) in [6.45, 7) is 2.34. The van der Waals surface area contributed by atoms with Crippen molar-refractivity contribution in [1.82, 2.24) is 15.0 Å². The first-order valence-electron chi connectivity index (χ1n) is 12.0. The van der Waals surface area contributed by atoms with E-state index < -0.39 is 0 Å². The first-order chi connectivity index (χ1) is 16.4. The lowest BCUT2D eigenvalue weighted by Crippen LogP contribution is -2.38. The Morgan fingerprint density at radius 1 is 1.06 bits per heavy atom. The quantitative estimate of drug-likeness (QED) is 0.311. The number of rotatable bonds is 10. The van der Waals surface area contributed by atoms with E-state index in [0.29, 0.717) is 29.2 Å². The number of nitrogens with zero attached hydrogens (tertiary/aromatic N) is 3. The molecular formula is C26H39N7O. The van der Waals surface area contributed by atoms with Crippen molar-refractivity contribution in [2.75, 3.05) is 13.6 Å². The zero-order valence-electron chi connectivity index (χ0n) is 20.4.